The van der Waals surface area contributed by atoms with Gasteiger partial charge in [0.1, 0.15) is 11.5 Å². The minimum Gasteiger partial charge on any atom is -0.355 e. The summed E-state index contributed by atoms with van der Waals surface area (Å²) in [6.45, 7) is 4.44. The molecule has 3 rings (SSSR count). The van der Waals surface area contributed by atoms with Gasteiger partial charge in [0.05, 0.1) is 0 Å². The van der Waals surface area contributed by atoms with Gasteiger partial charge in [0.25, 0.3) is 0 Å². The van der Waals surface area contributed by atoms with E-state index in [2.05, 4.69) is 38.4 Å². The number of pyridine rings is 1. The third-order valence-corrected chi connectivity index (χ3v) is 3.23. The third-order valence-electron chi connectivity index (χ3n) is 3.23. The van der Waals surface area contributed by atoms with Gasteiger partial charge in [-0.05, 0) is 19.2 Å². The molecule has 1 saturated heterocycles. The number of imidazole rings is 1. The van der Waals surface area contributed by atoms with E-state index in [0.29, 0.717) is 0 Å². The highest BCUT2D eigenvalue weighted by atomic mass is 15.3. The molecular weight excluding hydrogens is 200 g/mol. The molecule has 0 N–H and O–H groups in total. The Morgan fingerprint density at radius 1 is 1.12 bits per heavy atom. The molecule has 16 heavy (non-hydrogen) atoms. The third kappa shape index (κ3) is 1.55. The Kier molecular flexibility index (Phi) is 2.29. The summed E-state index contributed by atoms with van der Waals surface area (Å²) < 4.78 is 2.16. The normalized spacial score (nSPS) is 18.2. The van der Waals surface area contributed by atoms with Gasteiger partial charge >= 0.3 is 0 Å². The molecule has 0 amide bonds. The number of aromatic nitrogens is 2. The number of hydrogen-bond donors (Lipinski definition) is 0. The van der Waals surface area contributed by atoms with E-state index in [1.165, 1.54) is 5.82 Å². The SMILES string of the molecule is CN1CCN(c2cccc3nccn23)CC1. The Morgan fingerprint density at radius 2 is 1.94 bits per heavy atom. The standard InChI is InChI=1S/C12H16N4/c1-14-7-9-15(10-8-14)12-4-2-3-11-13-5-6-16(11)12/h2-6H,7-10H2,1H3. The number of piperazine rings is 1. The molecule has 0 aliphatic carbocycles. The number of anilines is 1. The van der Waals surface area contributed by atoms with Crippen molar-refractivity contribution in [2.24, 2.45) is 0 Å². The first-order valence-electron chi connectivity index (χ1n) is 5.70. The van der Waals surface area contributed by atoms with Crippen molar-refractivity contribution in [1.82, 2.24) is 14.3 Å². The Balaban J connectivity index is 1.96. The van der Waals surface area contributed by atoms with E-state index in [1.54, 1.807) is 0 Å². The first-order chi connectivity index (χ1) is 7.84. The van der Waals surface area contributed by atoms with Gasteiger partial charge in [-0.25, -0.2) is 4.98 Å². The molecule has 1 fully saturated rings. The fourth-order valence-corrected chi connectivity index (χ4v) is 2.23. The van der Waals surface area contributed by atoms with Crippen LogP contribution < -0.4 is 4.90 Å². The molecule has 0 radical (unpaired) electrons. The van der Waals surface area contributed by atoms with E-state index >= 15 is 0 Å². The lowest BCUT2D eigenvalue weighted by atomic mass is 10.3. The highest BCUT2D eigenvalue weighted by Gasteiger charge is 2.15. The monoisotopic (exact) mass is 216 g/mol. The number of fused-ring (bicyclic) bond motifs is 1. The summed E-state index contributed by atoms with van der Waals surface area (Å²) >= 11 is 0. The van der Waals surface area contributed by atoms with Crippen LogP contribution in [0.25, 0.3) is 5.65 Å². The Hall–Kier alpha value is -1.55. The van der Waals surface area contributed by atoms with Crippen LogP contribution in [0.2, 0.25) is 0 Å². The molecule has 0 spiro atoms. The van der Waals surface area contributed by atoms with Gasteiger partial charge in [-0.15, -0.1) is 0 Å². The lowest BCUT2D eigenvalue weighted by molar-refractivity contribution is 0.312. The zero-order chi connectivity index (χ0) is 11.0. The van der Waals surface area contributed by atoms with Gasteiger partial charge in [0.15, 0.2) is 0 Å². The van der Waals surface area contributed by atoms with E-state index in [-0.39, 0.29) is 0 Å². The molecule has 0 aromatic carbocycles. The quantitative estimate of drug-likeness (QED) is 0.713. The van der Waals surface area contributed by atoms with Crippen molar-refractivity contribution >= 4 is 11.5 Å². The number of likely N-dealkylation sites (N-methyl/N-ethyl adjacent to an activating group) is 1. The summed E-state index contributed by atoms with van der Waals surface area (Å²) in [5.41, 5.74) is 1.02. The summed E-state index contributed by atoms with van der Waals surface area (Å²) in [5, 5.41) is 0. The zero-order valence-corrected chi connectivity index (χ0v) is 9.50. The maximum atomic E-state index is 4.32. The van der Waals surface area contributed by atoms with Gasteiger partial charge in [-0.3, -0.25) is 4.40 Å². The highest BCUT2D eigenvalue weighted by Crippen LogP contribution is 2.17. The van der Waals surface area contributed by atoms with E-state index in [9.17, 15) is 0 Å². The largest absolute Gasteiger partial charge is 0.355 e. The first kappa shape index (κ1) is 9.66. The fourth-order valence-electron chi connectivity index (χ4n) is 2.23. The van der Waals surface area contributed by atoms with Crippen LogP contribution in [0.15, 0.2) is 30.6 Å². The van der Waals surface area contributed by atoms with Gasteiger partial charge in [0.2, 0.25) is 0 Å². The molecule has 1 aliphatic rings. The van der Waals surface area contributed by atoms with Crippen molar-refractivity contribution in [3.63, 3.8) is 0 Å². The average molecular weight is 216 g/mol. The van der Waals surface area contributed by atoms with Crippen LogP contribution in [0.1, 0.15) is 0 Å². The van der Waals surface area contributed by atoms with Crippen LogP contribution in [-0.4, -0.2) is 47.5 Å². The first-order valence-corrected chi connectivity index (χ1v) is 5.70. The second-order valence-electron chi connectivity index (χ2n) is 4.33. The van der Waals surface area contributed by atoms with Crippen LogP contribution >= 0.6 is 0 Å². The molecule has 4 nitrogen and oxygen atoms in total. The molecule has 0 bridgehead atoms. The van der Waals surface area contributed by atoms with E-state index < -0.39 is 0 Å². The smallest absolute Gasteiger partial charge is 0.138 e. The van der Waals surface area contributed by atoms with E-state index in [1.807, 2.05) is 18.5 Å². The molecular formula is C12H16N4. The number of nitrogens with zero attached hydrogens (tertiary/aromatic N) is 4. The van der Waals surface area contributed by atoms with Gasteiger partial charge in [-0.2, -0.15) is 0 Å². The summed E-state index contributed by atoms with van der Waals surface area (Å²) in [6, 6.07) is 6.29. The molecule has 4 heteroatoms. The fraction of sp³-hybridized carbons (Fsp3) is 0.417. The second-order valence-corrected chi connectivity index (χ2v) is 4.33. The lowest BCUT2D eigenvalue weighted by Crippen LogP contribution is -2.45. The Labute approximate surface area is 95.1 Å². The van der Waals surface area contributed by atoms with Crippen molar-refractivity contribution < 1.29 is 0 Å². The van der Waals surface area contributed by atoms with E-state index in [0.717, 1.165) is 31.8 Å². The molecule has 1 aliphatic heterocycles. The second kappa shape index (κ2) is 3.79. The Morgan fingerprint density at radius 3 is 2.75 bits per heavy atom. The summed E-state index contributed by atoms with van der Waals surface area (Å²) in [5.74, 6) is 1.25. The lowest BCUT2D eigenvalue weighted by Gasteiger charge is -2.34. The minimum absolute atomic E-state index is 1.02. The topological polar surface area (TPSA) is 23.8 Å². The van der Waals surface area contributed by atoms with Crippen LogP contribution in [0.3, 0.4) is 0 Å². The maximum Gasteiger partial charge on any atom is 0.138 e. The van der Waals surface area contributed by atoms with Crippen molar-refractivity contribution in [1.29, 1.82) is 0 Å². The Bertz CT molecular complexity index is 482. The zero-order valence-electron chi connectivity index (χ0n) is 9.50. The molecule has 2 aromatic rings. The predicted octanol–water partition coefficient (Wildman–Crippen LogP) is 1.09. The number of rotatable bonds is 1. The average Bonchev–Trinajstić information content (AvgIpc) is 2.78. The molecule has 3 heterocycles. The van der Waals surface area contributed by atoms with Gasteiger partial charge in [0, 0.05) is 38.6 Å². The van der Waals surface area contributed by atoms with Crippen molar-refractivity contribution in [3.05, 3.63) is 30.6 Å². The van der Waals surface area contributed by atoms with Crippen molar-refractivity contribution in [2.45, 2.75) is 0 Å². The van der Waals surface area contributed by atoms with Gasteiger partial charge < -0.3 is 9.80 Å². The molecule has 0 atom stereocenters. The molecule has 0 saturated carbocycles. The predicted molar refractivity (Wildman–Crippen MR) is 64.9 cm³/mol. The molecule has 2 aromatic heterocycles. The summed E-state index contributed by atoms with van der Waals surface area (Å²) in [6.07, 6.45) is 3.89. The van der Waals surface area contributed by atoms with Crippen LogP contribution in [0.5, 0.6) is 0 Å². The van der Waals surface area contributed by atoms with Gasteiger partial charge in [-0.1, -0.05) is 6.07 Å². The summed E-state index contributed by atoms with van der Waals surface area (Å²) in [7, 11) is 2.18. The molecule has 84 valence electrons. The van der Waals surface area contributed by atoms with Crippen LogP contribution in [-0.2, 0) is 0 Å². The van der Waals surface area contributed by atoms with Crippen molar-refractivity contribution in [3.8, 4) is 0 Å². The van der Waals surface area contributed by atoms with Crippen LogP contribution in [0, 0.1) is 0 Å². The minimum atomic E-state index is 1.02. The van der Waals surface area contributed by atoms with Crippen LogP contribution in [0.4, 0.5) is 5.82 Å². The molecule has 0 unspecified atom stereocenters. The van der Waals surface area contributed by atoms with E-state index in [4.69, 9.17) is 0 Å². The summed E-state index contributed by atoms with van der Waals surface area (Å²) in [4.78, 5) is 9.11. The maximum absolute atomic E-state index is 4.32. The van der Waals surface area contributed by atoms with Crippen molar-refractivity contribution in [2.75, 3.05) is 38.1 Å². The number of hydrogen-bond acceptors (Lipinski definition) is 3. The highest BCUT2D eigenvalue weighted by molar-refractivity contribution is 5.51.